The molecule has 0 spiro atoms. The lowest BCUT2D eigenvalue weighted by molar-refractivity contribution is -0.139. The van der Waals surface area contributed by atoms with E-state index in [9.17, 15) is 14.1 Å². The Morgan fingerprint density at radius 3 is 2.75 bits per heavy atom. The molecule has 0 radical (unpaired) electrons. The van der Waals surface area contributed by atoms with Crippen LogP contribution in [-0.2, 0) is 26.9 Å². The number of halogens is 1. The first-order chi connectivity index (χ1) is 19.1. The van der Waals surface area contributed by atoms with Crippen LogP contribution in [0.15, 0.2) is 53.4 Å². The number of nitrogens with zero attached hydrogens (tertiary/aromatic N) is 1. The van der Waals surface area contributed by atoms with E-state index in [0.717, 1.165) is 36.4 Å². The number of aliphatic hydroxyl groups excluding tert-OH is 1. The van der Waals surface area contributed by atoms with E-state index >= 15 is 0 Å². The van der Waals surface area contributed by atoms with E-state index in [1.165, 1.54) is 11.1 Å². The molecule has 2 N–H and O–H groups in total. The first kappa shape index (κ1) is 30.6. The summed E-state index contributed by atoms with van der Waals surface area (Å²) in [4.78, 5) is 15.7. The van der Waals surface area contributed by atoms with Gasteiger partial charge in [0.05, 0.1) is 29.9 Å². The fourth-order valence-electron chi connectivity index (χ4n) is 5.33. The van der Waals surface area contributed by atoms with Gasteiger partial charge in [-0.1, -0.05) is 56.5 Å². The Balaban J connectivity index is 1.73. The lowest BCUT2D eigenvalue weighted by Gasteiger charge is -2.30. The molecule has 4 atom stereocenters. The van der Waals surface area contributed by atoms with Crippen LogP contribution in [0.25, 0.3) is 0 Å². The smallest absolute Gasteiger partial charge is 0.263 e. The highest BCUT2D eigenvalue weighted by atomic mass is 35.5. The summed E-state index contributed by atoms with van der Waals surface area (Å²) in [7, 11) is -1.78. The monoisotopic (exact) mass is 588 g/mol. The Bertz CT molecular complexity index is 1250. The van der Waals surface area contributed by atoms with Gasteiger partial charge in [-0.2, -0.15) is 0 Å². The van der Waals surface area contributed by atoms with Crippen molar-refractivity contribution in [2.75, 3.05) is 31.2 Å². The van der Waals surface area contributed by atoms with Gasteiger partial charge < -0.3 is 19.5 Å². The summed E-state index contributed by atoms with van der Waals surface area (Å²) < 4.78 is 28.0. The van der Waals surface area contributed by atoms with Crippen molar-refractivity contribution >= 4 is 34.2 Å². The van der Waals surface area contributed by atoms with E-state index in [1.807, 2.05) is 18.2 Å². The molecule has 0 aromatic heterocycles. The fourth-order valence-corrected chi connectivity index (χ4v) is 6.46. The second-order valence-corrected chi connectivity index (χ2v) is 12.7. The number of carbonyl (C=O) groups excluding carboxylic acids is 1. The molecule has 9 heteroatoms. The molecule has 2 aliphatic heterocycles. The quantitative estimate of drug-likeness (QED) is 0.455. The van der Waals surface area contributed by atoms with Crippen LogP contribution >= 0.6 is 11.6 Å². The molecule has 4 rings (SSSR count). The molecule has 7 nitrogen and oxygen atoms in total. The fraction of sp³-hybridized carbons (Fsp3) is 0.516. The minimum absolute atomic E-state index is 0.0371. The first-order valence-corrected chi connectivity index (χ1v) is 15.7. The van der Waals surface area contributed by atoms with Crippen molar-refractivity contribution in [1.82, 2.24) is 4.72 Å². The number of amides is 1. The zero-order valence-electron chi connectivity index (χ0n) is 23.8. The summed E-state index contributed by atoms with van der Waals surface area (Å²) in [6.45, 7) is 9.54. The van der Waals surface area contributed by atoms with Crippen LogP contribution < -0.4 is 14.4 Å². The molecule has 2 aromatic rings. The minimum Gasteiger partial charge on any atom is -0.491 e. The Hall–Kier alpha value is -2.39. The summed E-state index contributed by atoms with van der Waals surface area (Å²) in [5.74, 6) is 0.356. The summed E-state index contributed by atoms with van der Waals surface area (Å²) in [5.41, 5.74) is 2.08. The number of benzene rings is 2. The summed E-state index contributed by atoms with van der Waals surface area (Å²) in [5, 5.41) is 11.7. The van der Waals surface area contributed by atoms with Gasteiger partial charge in [-0.25, -0.2) is 4.21 Å². The van der Waals surface area contributed by atoms with E-state index in [0.29, 0.717) is 30.3 Å². The van der Waals surface area contributed by atoms with E-state index in [4.69, 9.17) is 21.1 Å². The standard InChI is InChI=1S/C31H41ClN2O5S/c1-5-8-22-17-24(32)10-12-26(22)23-19-34-15-14-21(6-2)28(35)9-7-16-39-31(3,4)30(36)33-40(37)25-11-13-29(38-20-23)27(34)18-25/h7,9-13,17-18,21,23,28,35H,5-6,8,14-16,19-20H2,1-4H3,(H,33,36)/b9-7-. The third-order valence-electron chi connectivity index (χ3n) is 7.81. The molecule has 0 aliphatic carbocycles. The molecule has 2 bridgehead atoms. The highest BCUT2D eigenvalue weighted by Crippen LogP contribution is 2.38. The van der Waals surface area contributed by atoms with Crippen molar-refractivity contribution in [3.8, 4) is 5.75 Å². The third-order valence-corrected chi connectivity index (χ3v) is 9.10. The number of nitrogens with one attached hydrogen (secondary N) is 1. The maximum absolute atomic E-state index is 13.3. The number of aliphatic hydroxyl groups is 1. The molecular formula is C31H41ClN2O5S. The van der Waals surface area contributed by atoms with Crippen LogP contribution in [0.3, 0.4) is 0 Å². The second-order valence-electron chi connectivity index (χ2n) is 11.1. The maximum atomic E-state index is 13.3. The Kier molecular flexibility index (Phi) is 10.3. The average molecular weight is 589 g/mol. The highest BCUT2D eigenvalue weighted by Gasteiger charge is 2.31. The van der Waals surface area contributed by atoms with Gasteiger partial charge in [0.1, 0.15) is 11.4 Å². The predicted molar refractivity (Wildman–Crippen MR) is 160 cm³/mol. The lowest BCUT2D eigenvalue weighted by atomic mass is 9.91. The number of hydrogen-bond acceptors (Lipinski definition) is 6. The van der Waals surface area contributed by atoms with Crippen LogP contribution in [0.5, 0.6) is 5.75 Å². The molecule has 40 heavy (non-hydrogen) atoms. The van der Waals surface area contributed by atoms with E-state index in [2.05, 4.69) is 35.6 Å². The lowest BCUT2D eigenvalue weighted by Crippen LogP contribution is -2.45. The first-order valence-electron chi connectivity index (χ1n) is 14.1. The minimum atomic E-state index is -1.78. The van der Waals surface area contributed by atoms with Crippen LogP contribution in [0.4, 0.5) is 5.69 Å². The van der Waals surface area contributed by atoms with Gasteiger partial charge in [0, 0.05) is 24.0 Å². The number of rotatable bonds is 4. The molecule has 0 fully saturated rings. The Morgan fingerprint density at radius 1 is 1.20 bits per heavy atom. The van der Waals surface area contributed by atoms with Crippen molar-refractivity contribution in [2.24, 2.45) is 5.92 Å². The molecule has 0 saturated heterocycles. The Morgan fingerprint density at radius 2 is 2.00 bits per heavy atom. The van der Waals surface area contributed by atoms with E-state index < -0.39 is 28.6 Å². The number of aryl methyl sites for hydroxylation is 1. The van der Waals surface area contributed by atoms with Crippen LogP contribution in [0.1, 0.15) is 64.0 Å². The Labute approximate surface area is 245 Å². The molecule has 2 heterocycles. The van der Waals surface area contributed by atoms with E-state index in [1.54, 1.807) is 32.1 Å². The zero-order chi connectivity index (χ0) is 28.9. The van der Waals surface area contributed by atoms with Gasteiger partial charge in [0.2, 0.25) is 0 Å². The van der Waals surface area contributed by atoms with Crippen molar-refractivity contribution < 1.29 is 23.6 Å². The van der Waals surface area contributed by atoms with Gasteiger partial charge in [0.15, 0.2) is 11.0 Å². The molecule has 218 valence electrons. The largest absolute Gasteiger partial charge is 0.491 e. The molecular weight excluding hydrogens is 548 g/mol. The third kappa shape index (κ3) is 7.27. The number of ether oxygens (including phenoxy) is 2. The van der Waals surface area contributed by atoms with Crippen molar-refractivity contribution in [1.29, 1.82) is 0 Å². The van der Waals surface area contributed by atoms with Gasteiger partial charge in [-0.05, 0) is 74.1 Å². The summed E-state index contributed by atoms with van der Waals surface area (Å²) >= 11 is 6.36. The van der Waals surface area contributed by atoms with Crippen LogP contribution in [0, 0.1) is 5.92 Å². The normalized spacial score (nSPS) is 26.4. The molecule has 1 amide bonds. The number of anilines is 1. The van der Waals surface area contributed by atoms with E-state index in [-0.39, 0.29) is 18.4 Å². The zero-order valence-corrected chi connectivity index (χ0v) is 25.4. The molecule has 4 unspecified atom stereocenters. The van der Waals surface area contributed by atoms with Crippen LogP contribution in [0.2, 0.25) is 5.02 Å². The number of carbonyl (C=O) groups is 1. The summed E-state index contributed by atoms with van der Waals surface area (Å²) in [6.07, 6.45) is 6.36. The average Bonchev–Trinajstić information content (AvgIpc) is 3.10. The summed E-state index contributed by atoms with van der Waals surface area (Å²) in [6, 6.07) is 11.5. The maximum Gasteiger partial charge on any atom is 0.263 e. The van der Waals surface area contributed by atoms with Gasteiger partial charge >= 0.3 is 0 Å². The molecule has 2 aromatic carbocycles. The number of fused-ring (bicyclic) bond motifs is 1. The predicted octanol–water partition coefficient (Wildman–Crippen LogP) is 5.56. The SMILES string of the molecule is CCCc1cc(Cl)ccc1C1COc2ccc3cc2N(CCC(CC)C(O)/C=C\COC(C)(C)C(=O)NS3=O)C1. The highest BCUT2D eigenvalue weighted by molar-refractivity contribution is 7.83. The van der Waals surface area contributed by atoms with Crippen LogP contribution in [-0.4, -0.2) is 53.2 Å². The molecule has 2 aliphatic rings. The van der Waals surface area contributed by atoms with Gasteiger partial charge in [-0.15, -0.1) is 0 Å². The number of hydrogen-bond donors (Lipinski definition) is 2. The van der Waals surface area contributed by atoms with Gasteiger partial charge in [0.25, 0.3) is 5.91 Å². The van der Waals surface area contributed by atoms with Crippen molar-refractivity contribution in [3.05, 3.63) is 64.7 Å². The molecule has 0 saturated carbocycles. The van der Waals surface area contributed by atoms with Gasteiger partial charge in [-0.3, -0.25) is 9.52 Å². The van der Waals surface area contributed by atoms with Crippen molar-refractivity contribution in [3.63, 3.8) is 0 Å². The second kappa shape index (κ2) is 13.5. The topological polar surface area (TPSA) is 88.1 Å². The van der Waals surface area contributed by atoms with Crippen molar-refractivity contribution in [2.45, 2.75) is 75.9 Å².